The van der Waals surface area contributed by atoms with Gasteiger partial charge in [0.1, 0.15) is 0 Å². The van der Waals surface area contributed by atoms with Crippen LogP contribution in [-0.4, -0.2) is 30.0 Å². The first-order valence-corrected chi connectivity index (χ1v) is 6.39. The van der Waals surface area contributed by atoms with Gasteiger partial charge in [0.15, 0.2) is 0 Å². The number of nitrogens with two attached hydrogens (primary N) is 1. The van der Waals surface area contributed by atoms with E-state index in [0.717, 1.165) is 25.6 Å². The molecule has 1 aromatic rings. The summed E-state index contributed by atoms with van der Waals surface area (Å²) in [5.74, 6) is 1.31. The summed E-state index contributed by atoms with van der Waals surface area (Å²) in [4.78, 5) is 6.46. The molecule has 0 amide bonds. The van der Waals surface area contributed by atoms with Crippen molar-refractivity contribution in [2.75, 3.05) is 20.1 Å². The van der Waals surface area contributed by atoms with Crippen molar-refractivity contribution >= 4 is 0 Å². The smallest absolute Gasteiger partial charge is 0.0312 e. The molecule has 1 unspecified atom stereocenters. The number of hydrogen-bond donors (Lipinski definition) is 1. The van der Waals surface area contributed by atoms with E-state index in [1.807, 2.05) is 18.5 Å². The molecule has 0 bridgehead atoms. The molecule has 0 aliphatic rings. The fourth-order valence-electron chi connectivity index (χ4n) is 2.22. The number of rotatable bonds is 7. The second kappa shape index (κ2) is 7.41. The van der Waals surface area contributed by atoms with E-state index in [1.54, 1.807) is 0 Å². The molecule has 0 saturated heterocycles. The van der Waals surface area contributed by atoms with E-state index in [1.165, 1.54) is 12.0 Å². The number of aromatic nitrogens is 1. The van der Waals surface area contributed by atoms with Gasteiger partial charge in [-0.05, 0) is 43.5 Å². The zero-order valence-corrected chi connectivity index (χ0v) is 11.3. The van der Waals surface area contributed by atoms with Crippen LogP contribution >= 0.6 is 0 Å². The molecular weight excluding hydrogens is 210 g/mol. The van der Waals surface area contributed by atoms with Gasteiger partial charge in [-0.25, -0.2) is 0 Å². The Bertz CT molecular complexity index is 298. The standard InChI is InChI=1S/C14H25N3/c1-12(2)7-14(8-15)11-17(3)10-13-5-4-6-16-9-13/h4-6,9,12,14H,7-8,10-11,15H2,1-3H3. The van der Waals surface area contributed by atoms with Gasteiger partial charge in [0.2, 0.25) is 0 Å². The maximum atomic E-state index is 5.82. The maximum Gasteiger partial charge on any atom is 0.0312 e. The third-order valence-electron chi connectivity index (χ3n) is 2.88. The number of pyridine rings is 1. The minimum absolute atomic E-state index is 0.594. The van der Waals surface area contributed by atoms with E-state index >= 15 is 0 Å². The molecule has 1 aromatic heterocycles. The SMILES string of the molecule is CC(C)CC(CN)CN(C)Cc1cccnc1. The minimum Gasteiger partial charge on any atom is -0.330 e. The minimum atomic E-state index is 0.594. The Balaban J connectivity index is 2.40. The van der Waals surface area contributed by atoms with Crippen LogP contribution in [0.4, 0.5) is 0 Å². The number of hydrogen-bond acceptors (Lipinski definition) is 3. The van der Waals surface area contributed by atoms with E-state index in [2.05, 4.69) is 36.8 Å². The van der Waals surface area contributed by atoms with Crippen molar-refractivity contribution in [1.29, 1.82) is 0 Å². The molecule has 0 spiro atoms. The van der Waals surface area contributed by atoms with Gasteiger partial charge in [0, 0.05) is 25.5 Å². The van der Waals surface area contributed by atoms with Crippen LogP contribution in [0.5, 0.6) is 0 Å². The molecule has 0 aliphatic carbocycles. The summed E-state index contributed by atoms with van der Waals surface area (Å²) in [5, 5.41) is 0. The van der Waals surface area contributed by atoms with Gasteiger partial charge in [-0.15, -0.1) is 0 Å². The summed E-state index contributed by atoms with van der Waals surface area (Å²) in [6.07, 6.45) is 4.94. The Morgan fingerprint density at radius 1 is 1.41 bits per heavy atom. The highest BCUT2D eigenvalue weighted by atomic mass is 15.1. The molecule has 17 heavy (non-hydrogen) atoms. The van der Waals surface area contributed by atoms with Crippen LogP contribution in [0.3, 0.4) is 0 Å². The summed E-state index contributed by atoms with van der Waals surface area (Å²) in [6.45, 7) is 7.29. The molecule has 0 aliphatic heterocycles. The van der Waals surface area contributed by atoms with Crippen LogP contribution in [0.15, 0.2) is 24.5 Å². The predicted octanol–water partition coefficient (Wildman–Crippen LogP) is 2.13. The monoisotopic (exact) mass is 235 g/mol. The molecule has 1 atom stereocenters. The van der Waals surface area contributed by atoms with Crippen LogP contribution in [0, 0.1) is 11.8 Å². The molecule has 2 N–H and O–H groups in total. The predicted molar refractivity (Wildman–Crippen MR) is 72.6 cm³/mol. The van der Waals surface area contributed by atoms with Crippen molar-refractivity contribution in [3.63, 3.8) is 0 Å². The molecule has 0 aromatic carbocycles. The van der Waals surface area contributed by atoms with Gasteiger partial charge >= 0.3 is 0 Å². The molecule has 1 rings (SSSR count). The molecule has 3 nitrogen and oxygen atoms in total. The average molecular weight is 235 g/mol. The van der Waals surface area contributed by atoms with Gasteiger partial charge < -0.3 is 10.6 Å². The van der Waals surface area contributed by atoms with Gasteiger partial charge in [-0.1, -0.05) is 19.9 Å². The van der Waals surface area contributed by atoms with E-state index in [9.17, 15) is 0 Å². The lowest BCUT2D eigenvalue weighted by Gasteiger charge is -2.24. The van der Waals surface area contributed by atoms with E-state index in [0.29, 0.717) is 5.92 Å². The average Bonchev–Trinajstić information content (AvgIpc) is 2.28. The Labute approximate surface area is 105 Å². The lowest BCUT2D eigenvalue weighted by Crippen LogP contribution is -2.30. The van der Waals surface area contributed by atoms with E-state index in [-0.39, 0.29) is 0 Å². The third kappa shape index (κ3) is 5.80. The topological polar surface area (TPSA) is 42.1 Å². The second-order valence-corrected chi connectivity index (χ2v) is 5.29. The summed E-state index contributed by atoms with van der Waals surface area (Å²) in [6, 6.07) is 4.10. The third-order valence-corrected chi connectivity index (χ3v) is 2.88. The summed E-state index contributed by atoms with van der Waals surface area (Å²) < 4.78 is 0. The molecule has 0 saturated carbocycles. The van der Waals surface area contributed by atoms with Crippen molar-refractivity contribution in [1.82, 2.24) is 9.88 Å². The normalized spacial score (nSPS) is 13.3. The maximum absolute atomic E-state index is 5.82. The Kier molecular flexibility index (Phi) is 6.16. The van der Waals surface area contributed by atoms with Gasteiger partial charge in [-0.3, -0.25) is 4.98 Å². The van der Waals surface area contributed by atoms with E-state index < -0.39 is 0 Å². The largest absolute Gasteiger partial charge is 0.330 e. The van der Waals surface area contributed by atoms with Crippen LogP contribution in [0.25, 0.3) is 0 Å². The first kappa shape index (κ1) is 14.1. The highest BCUT2D eigenvalue weighted by Gasteiger charge is 2.12. The van der Waals surface area contributed by atoms with Crippen molar-refractivity contribution in [3.05, 3.63) is 30.1 Å². The molecule has 1 heterocycles. The van der Waals surface area contributed by atoms with Crippen LogP contribution in [-0.2, 0) is 6.54 Å². The van der Waals surface area contributed by atoms with Crippen molar-refractivity contribution in [2.45, 2.75) is 26.8 Å². The van der Waals surface area contributed by atoms with Crippen LogP contribution < -0.4 is 5.73 Å². The van der Waals surface area contributed by atoms with E-state index in [4.69, 9.17) is 5.73 Å². The molecule has 3 heteroatoms. The molecular formula is C14H25N3. The van der Waals surface area contributed by atoms with Gasteiger partial charge in [-0.2, -0.15) is 0 Å². The lowest BCUT2D eigenvalue weighted by molar-refractivity contribution is 0.250. The fraction of sp³-hybridized carbons (Fsp3) is 0.643. The highest BCUT2D eigenvalue weighted by Crippen LogP contribution is 2.12. The fourth-order valence-corrected chi connectivity index (χ4v) is 2.22. The molecule has 0 fully saturated rings. The van der Waals surface area contributed by atoms with Gasteiger partial charge in [0.25, 0.3) is 0 Å². The van der Waals surface area contributed by atoms with Crippen molar-refractivity contribution in [2.24, 2.45) is 17.6 Å². The first-order chi connectivity index (χ1) is 8.11. The Hall–Kier alpha value is -0.930. The van der Waals surface area contributed by atoms with Crippen molar-refractivity contribution < 1.29 is 0 Å². The quantitative estimate of drug-likeness (QED) is 0.787. The molecule has 96 valence electrons. The number of nitrogens with zero attached hydrogens (tertiary/aromatic N) is 2. The molecule has 0 radical (unpaired) electrons. The second-order valence-electron chi connectivity index (χ2n) is 5.29. The zero-order valence-electron chi connectivity index (χ0n) is 11.3. The van der Waals surface area contributed by atoms with Crippen LogP contribution in [0.1, 0.15) is 25.8 Å². The zero-order chi connectivity index (χ0) is 12.7. The lowest BCUT2D eigenvalue weighted by atomic mass is 9.96. The summed E-state index contributed by atoms with van der Waals surface area (Å²) >= 11 is 0. The highest BCUT2D eigenvalue weighted by molar-refractivity contribution is 5.07. The Morgan fingerprint density at radius 2 is 2.18 bits per heavy atom. The first-order valence-electron chi connectivity index (χ1n) is 6.39. The summed E-state index contributed by atoms with van der Waals surface area (Å²) in [5.41, 5.74) is 7.08. The van der Waals surface area contributed by atoms with Crippen molar-refractivity contribution in [3.8, 4) is 0 Å². The van der Waals surface area contributed by atoms with Crippen LogP contribution in [0.2, 0.25) is 0 Å². The summed E-state index contributed by atoms with van der Waals surface area (Å²) in [7, 11) is 2.15. The Morgan fingerprint density at radius 3 is 2.71 bits per heavy atom. The van der Waals surface area contributed by atoms with Gasteiger partial charge in [0.05, 0.1) is 0 Å².